The molecule has 0 unspecified atom stereocenters. The Morgan fingerprint density at radius 2 is 1.80 bits per heavy atom. The van der Waals surface area contributed by atoms with Crippen LogP contribution in [0.4, 0.5) is 5.69 Å². The Hall–Kier alpha value is -1.22. The zero-order valence-electron chi connectivity index (χ0n) is 11.6. The van der Waals surface area contributed by atoms with Crippen molar-refractivity contribution in [2.45, 2.75) is 38.5 Å². The minimum Gasteiger partial charge on any atom is -0.478 e. The monoisotopic (exact) mass is 293 g/mol. The van der Waals surface area contributed by atoms with Crippen LogP contribution in [0.25, 0.3) is 0 Å². The van der Waals surface area contributed by atoms with Gasteiger partial charge in [0.2, 0.25) is 0 Å². The van der Waals surface area contributed by atoms with E-state index < -0.39 is 5.97 Å². The molecule has 1 heterocycles. The molecule has 0 bridgehead atoms. The van der Waals surface area contributed by atoms with Crippen molar-refractivity contribution in [3.8, 4) is 0 Å². The number of hydrogen-bond donors (Lipinski definition) is 1. The second-order valence-electron chi connectivity index (χ2n) is 6.21. The molecule has 1 saturated heterocycles. The maximum atomic E-state index is 11.4. The molecule has 0 radical (unpaired) electrons. The van der Waals surface area contributed by atoms with Gasteiger partial charge in [0.25, 0.3) is 0 Å². The molecule has 108 valence electrons. The third kappa shape index (κ3) is 2.39. The molecule has 3 rings (SSSR count). The van der Waals surface area contributed by atoms with Crippen LogP contribution < -0.4 is 4.90 Å². The molecule has 1 aromatic carbocycles. The van der Waals surface area contributed by atoms with Crippen molar-refractivity contribution in [3.05, 3.63) is 28.8 Å². The van der Waals surface area contributed by atoms with Gasteiger partial charge in [-0.1, -0.05) is 43.4 Å². The molecule has 1 spiro atoms. The number of carboxylic acid groups (broad SMARTS) is 1. The third-order valence-corrected chi connectivity index (χ3v) is 5.08. The molecular weight excluding hydrogens is 274 g/mol. The second kappa shape index (κ2) is 5.28. The van der Waals surface area contributed by atoms with Gasteiger partial charge in [-0.05, 0) is 25.0 Å². The van der Waals surface area contributed by atoms with Gasteiger partial charge in [0.1, 0.15) is 5.56 Å². The number of benzene rings is 1. The van der Waals surface area contributed by atoms with Gasteiger partial charge in [-0.3, -0.25) is 0 Å². The first-order chi connectivity index (χ1) is 9.61. The van der Waals surface area contributed by atoms with Crippen molar-refractivity contribution in [1.82, 2.24) is 0 Å². The van der Waals surface area contributed by atoms with E-state index in [-0.39, 0.29) is 5.56 Å². The summed E-state index contributed by atoms with van der Waals surface area (Å²) in [4.78, 5) is 13.6. The van der Waals surface area contributed by atoms with Crippen LogP contribution in [0, 0.1) is 5.41 Å². The summed E-state index contributed by atoms with van der Waals surface area (Å²) in [6.45, 7) is 1.96. The van der Waals surface area contributed by atoms with E-state index in [0.29, 0.717) is 10.4 Å². The molecule has 3 nitrogen and oxygen atoms in total. The van der Waals surface area contributed by atoms with Crippen LogP contribution in [-0.2, 0) is 0 Å². The summed E-state index contributed by atoms with van der Waals surface area (Å²) in [6, 6.07) is 5.36. The fourth-order valence-electron chi connectivity index (χ4n) is 3.72. The van der Waals surface area contributed by atoms with Gasteiger partial charge in [0.15, 0.2) is 0 Å². The Kier molecular flexibility index (Phi) is 3.63. The van der Waals surface area contributed by atoms with Crippen molar-refractivity contribution >= 4 is 23.3 Å². The molecule has 1 saturated carbocycles. The zero-order chi connectivity index (χ0) is 14.2. The van der Waals surface area contributed by atoms with Crippen LogP contribution in [0.2, 0.25) is 5.02 Å². The van der Waals surface area contributed by atoms with Crippen LogP contribution >= 0.6 is 11.6 Å². The summed E-state index contributed by atoms with van der Waals surface area (Å²) in [6.07, 6.45) is 7.89. The normalized spacial score (nSPS) is 21.4. The summed E-state index contributed by atoms with van der Waals surface area (Å²) in [5, 5.41) is 9.68. The Labute approximate surface area is 124 Å². The fraction of sp³-hybridized carbons (Fsp3) is 0.562. The van der Waals surface area contributed by atoms with Crippen LogP contribution in [-0.4, -0.2) is 24.2 Å². The topological polar surface area (TPSA) is 40.5 Å². The first-order valence-corrected chi connectivity index (χ1v) is 7.76. The number of hydrogen-bond acceptors (Lipinski definition) is 2. The van der Waals surface area contributed by atoms with Crippen molar-refractivity contribution in [2.75, 3.05) is 18.0 Å². The first kappa shape index (κ1) is 13.7. The molecular formula is C16H20ClNO2. The molecule has 2 aliphatic rings. The van der Waals surface area contributed by atoms with Crippen LogP contribution in [0.15, 0.2) is 18.2 Å². The summed E-state index contributed by atoms with van der Waals surface area (Å²) in [7, 11) is 0. The fourth-order valence-corrected chi connectivity index (χ4v) is 3.97. The highest BCUT2D eigenvalue weighted by Gasteiger charge is 2.43. The zero-order valence-corrected chi connectivity index (χ0v) is 12.3. The Balaban J connectivity index is 1.80. The number of rotatable bonds is 2. The summed E-state index contributed by atoms with van der Waals surface area (Å²) < 4.78 is 0. The summed E-state index contributed by atoms with van der Waals surface area (Å²) >= 11 is 6.05. The third-order valence-electron chi connectivity index (χ3n) is 4.76. The largest absolute Gasteiger partial charge is 0.478 e. The molecule has 20 heavy (non-hydrogen) atoms. The van der Waals surface area contributed by atoms with Gasteiger partial charge in [0, 0.05) is 18.5 Å². The minimum absolute atomic E-state index is 0.248. The minimum atomic E-state index is -0.938. The Morgan fingerprint density at radius 1 is 1.15 bits per heavy atom. The molecule has 2 fully saturated rings. The van der Waals surface area contributed by atoms with E-state index in [1.165, 1.54) is 38.5 Å². The number of halogens is 1. The molecule has 0 amide bonds. The van der Waals surface area contributed by atoms with Gasteiger partial charge < -0.3 is 10.0 Å². The maximum Gasteiger partial charge on any atom is 0.339 e. The van der Waals surface area contributed by atoms with Gasteiger partial charge in [-0.25, -0.2) is 4.79 Å². The highest BCUT2D eigenvalue weighted by Crippen LogP contribution is 2.45. The molecule has 1 aliphatic heterocycles. The highest BCUT2D eigenvalue weighted by atomic mass is 35.5. The number of carboxylic acids is 1. The van der Waals surface area contributed by atoms with Gasteiger partial charge >= 0.3 is 5.97 Å². The average Bonchev–Trinajstić information content (AvgIpc) is 2.61. The van der Waals surface area contributed by atoms with E-state index in [2.05, 4.69) is 4.90 Å². The lowest BCUT2D eigenvalue weighted by atomic mass is 9.73. The van der Waals surface area contributed by atoms with E-state index in [4.69, 9.17) is 11.6 Å². The predicted octanol–water partition coefficient (Wildman–Crippen LogP) is 4.20. The van der Waals surface area contributed by atoms with E-state index >= 15 is 0 Å². The van der Waals surface area contributed by atoms with Crippen molar-refractivity contribution < 1.29 is 9.90 Å². The number of aromatic carboxylic acids is 1. The standard InChI is InChI=1S/C16H20ClNO2/c17-12-6-5-7-13(14(12)15(19)20)18-10-16(11-18)8-3-1-2-4-9-16/h5-7H,1-4,8-11H2,(H,19,20). The second-order valence-corrected chi connectivity index (χ2v) is 6.62. The van der Waals surface area contributed by atoms with E-state index in [1.807, 2.05) is 12.1 Å². The molecule has 0 aromatic heterocycles. The van der Waals surface area contributed by atoms with E-state index in [1.54, 1.807) is 6.07 Å². The average molecular weight is 294 g/mol. The van der Waals surface area contributed by atoms with Gasteiger partial charge in [0.05, 0.1) is 10.7 Å². The Morgan fingerprint density at radius 3 is 2.40 bits per heavy atom. The van der Waals surface area contributed by atoms with Crippen molar-refractivity contribution in [2.24, 2.45) is 5.41 Å². The van der Waals surface area contributed by atoms with Crippen LogP contribution in [0.1, 0.15) is 48.9 Å². The highest BCUT2D eigenvalue weighted by molar-refractivity contribution is 6.34. The molecule has 0 atom stereocenters. The predicted molar refractivity (Wildman–Crippen MR) is 80.8 cm³/mol. The molecule has 1 aromatic rings. The lowest BCUT2D eigenvalue weighted by molar-refractivity contribution is 0.0696. The number of nitrogens with zero attached hydrogens (tertiary/aromatic N) is 1. The van der Waals surface area contributed by atoms with Crippen molar-refractivity contribution in [1.29, 1.82) is 0 Å². The maximum absolute atomic E-state index is 11.4. The van der Waals surface area contributed by atoms with Gasteiger partial charge in [-0.2, -0.15) is 0 Å². The number of carbonyl (C=O) groups is 1. The molecule has 4 heteroatoms. The van der Waals surface area contributed by atoms with Crippen LogP contribution in [0.3, 0.4) is 0 Å². The van der Waals surface area contributed by atoms with Crippen LogP contribution in [0.5, 0.6) is 0 Å². The van der Waals surface area contributed by atoms with E-state index in [9.17, 15) is 9.90 Å². The number of anilines is 1. The van der Waals surface area contributed by atoms with Gasteiger partial charge in [-0.15, -0.1) is 0 Å². The molecule has 1 aliphatic carbocycles. The quantitative estimate of drug-likeness (QED) is 0.888. The molecule has 1 N–H and O–H groups in total. The Bertz CT molecular complexity index is 513. The lowest BCUT2D eigenvalue weighted by Crippen LogP contribution is -2.56. The summed E-state index contributed by atoms with van der Waals surface area (Å²) in [5.74, 6) is -0.938. The van der Waals surface area contributed by atoms with Crippen molar-refractivity contribution in [3.63, 3.8) is 0 Å². The lowest BCUT2D eigenvalue weighted by Gasteiger charge is -2.52. The summed E-state index contributed by atoms with van der Waals surface area (Å²) in [5.41, 5.74) is 1.45. The smallest absolute Gasteiger partial charge is 0.339 e. The first-order valence-electron chi connectivity index (χ1n) is 7.38. The van der Waals surface area contributed by atoms with E-state index in [0.717, 1.165) is 18.8 Å². The SMILES string of the molecule is O=C(O)c1c(Cl)cccc1N1CC2(CCCCCC2)C1.